The predicted molar refractivity (Wildman–Crippen MR) is 105 cm³/mol. The van der Waals surface area contributed by atoms with Crippen LogP contribution < -0.4 is 4.74 Å². The molecule has 0 atom stereocenters. The van der Waals surface area contributed by atoms with E-state index in [1.165, 1.54) is 0 Å². The van der Waals surface area contributed by atoms with Crippen molar-refractivity contribution >= 4 is 27.5 Å². The highest BCUT2D eigenvalue weighted by Gasteiger charge is 2.41. The monoisotopic (exact) mass is 442 g/mol. The Balaban J connectivity index is 1.57. The lowest BCUT2D eigenvalue weighted by Gasteiger charge is -2.36. The Morgan fingerprint density at radius 2 is 1.69 bits per heavy atom. The highest BCUT2D eigenvalue weighted by Crippen LogP contribution is 2.43. The first-order valence-corrected chi connectivity index (χ1v) is 9.95. The zero-order chi connectivity index (χ0) is 18.8. The first-order valence-electron chi connectivity index (χ1n) is 8.78. The third-order valence-electron chi connectivity index (χ3n) is 5.10. The summed E-state index contributed by atoms with van der Waals surface area (Å²) in [6, 6.07) is 13.7. The van der Waals surface area contributed by atoms with Gasteiger partial charge in [-0.25, -0.2) is 8.78 Å². The molecular formula is C21H22BrClF2O. The minimum Gasteiger partial charge on any atom is -0.493 e. The molecule has 3 rings (SSSR count). The minimum atomic E-state index is -2.51. The van der Waals surface area contributed by atoms with E-state index in [0.29, 0.717) is 19.4 Å². The Morgan fingerprint density at radius 1 is 1.04 bits per heavy atom. The molecule has 0 bridgehead atoms. The lowest BCUT2D eigenvalue weighted by Crippen LogP contribution is -2.35. The molecule has 26 heavy (non-hydrogen) atoms. The van der Waals surface area contributed by atoms with E-state index < -0.39 is 5.92 Å². The van der Waals surface area contributed by atoms with E-state index in [2.05, 4.69) is 15.9 Å². The normalized spacial score (nSPS) is 18.5. The second-order valence-corrected chi connectivity index (χ2v) is 8.83. The molecule has 1 aliphatic rings. The molecule has 0 aliphatic heterocycles. The Kier molecular flexibility index (Phi) is 5.93. The van der Waals surface area contributed by atoms with Gasteiger partial charge in [0, 0.05) is 27.8 Å². The van der Waals surface area contributed by atoms with E-state index in [1.54, 1.807) is 0 Å². The standard InChI is InChI=1S/C21H22BrClF2O/c1-20(8-10-21(24,25)11-9-20)14-26-18-5-2-15(3-6-18)12-16-13-17(22)4-7-19(16)23/h2-7,13H,8-12,14H2,1H3. The van der Waals surface area contributed by atoms with Crippen molar-refractivity contribution in [1.29, 1.82) is 0 Å². The number of ether oxygens (including phenoxy) is 1. The van der Waals surface area contributed by atoms with Gasteiger partial charge in [-0.2, -0.15) is 0 Å². The van der Waals surface area contributed by atoms with Gasteiger partial charge in [0.15, 0.2) is 0 Å². The number of alkyl halides is 2. The van der Waals surface area contributed by atoms with Gasteiger partial charge < -0.3 is 4.74 Å². The SMILES string of the molecule is CC1(COc2ccc(Cc3cc(Br)ccc3Cl)cc2)CCC(F)(F)CC1. The van der Waals surface area contributed by atoms with Gasteiger partial charge >= 0.3 is 0 Å². The largest absolute Gasteiger partial charge is 0.493 e. The van der Waals surface area contributed by atoms with Gasteiger partial charge in [-0.15, -0.1) is 0 Å². The molecule has 2 aromatic carbocycles. The van der Waals surface area contributed by atoms with E-state index >= 15 is 0 Å². The molecule has 1 fully saturated rings. The number of hydrogen-bond donors (Lipinski definition) is 0. The van der Waals surface area contributed by atoms with Crippen molar-refractivity contribution in [1.82, 2.24) is 0 Å². The van der Waals surface area contributed by atoms with Gasteiger partial charge in [-0.1, -0.05) is 46.6 Å². The van der Waals surface area contributed by atoms with Gasteiger partial charge in [0.25, 0.3) is 0 Å². The fraction of sp³-hybridized carbons (Fsp3) is 0.429. The van der Waals surface area contributed by atoms with E-state index in [4.69, 9.17) is 16.3 Å². The molecule has 1 aliphatic carbocycles. The van der Waals surface area contributed by atoms with Gasteiger partial charge in [0.1, 0.15) is 5.75 Å². The zero-order valence-corrected chi connectivity index (χ0v) is 17.0. The van der Waals surface area contributed by atoms with Crippen LogP contribution in [0.2, 0.25) is 5.02 Å². The summed E-state index contributed by atoms with van der Waals surface area (Å²) in [5.41, 5.74) is 2.02. The van der Waals surface area contributed by atoms with Crippen LogP contribution in [0.4, 0.5) is 8.78 Å². The topological polar surface area (TPSA) is 9.23 Å². The maximum atomic E-state index is 13.3. The molecule has 1 nitrogen and oxygen atoms in total. The summed E-state index contributed by atoms with van der Waals surface area (Å²) in [7, 11) is 0. The average Bonchev–Trinajstić information content (AvgIpc) is 2.61. The van der Waals surface area contributed by atoms with E-state index in [-0.39, 0.29) is 18.3 Å². The van der Waals surface area contributed by atoms with Crippen LogP contribution in [-0.2, 0) is 6.42 Å². The molecule has 0 unspecified atom stereocenters. The van der Waals surface area contributed by atoms with Crippen LogP contribution in [0.25, 0.3) is 0 Å². The molecule has 0 N–H and O–H groups in total. The summed E-state index contributed by atoms with van der Waals surface area (Å²) in [5, 5.41) is 0.746. The summed E-state index contributed by atoms with van der Waals surface area (Å²) in [5.74, 6) is -1.73. The van der Waals surface area contributed by atoms with Crippen molar-refractivity contribution in [3.05, 3.63) is 63.1 Å². The zero-order valence-electron chi connectivity index (χ0n) is 14.7. The summed E-state index contributed by atoms with van der Waals surface area (Å²) in [6.07, 6.45) is 1.66. The molecule has 1 saturated carbocycles. The van der Waals surface area contributed by atoms with Gasteiger partial charge in [0.05, 0.1) is 6.61 Å². The van der Waals surface area contributed by atoms with Crippen LogP contribution in [0.15, 0.2) is 46.9 Å². The Hall–Kier alpha value is -1.13. The summed E-state index contributed by atoms with van der Waals surface area (Å²) in [4.78, 5) is 0. The Morgan fingerprint density at radius 3 is 2.35 bits per heavy atom. The molecule has 0 spiro atoms. The predicted octanol–water partition coefficient (Wildman–Crippen LogP) is 7.29. The van der Waals surface area contributed by atoms with Crippen LogP contribution in [0, 0.1) is 5.41 Å². The summed E-state index contributed by atoms with van der Waals surface area (Å²) in [6.45, 7) is 2.51. The van der Waals surface area contributed by atoms with Gasteiger partial charge in [-0.3, -0.25) is 0 Å². The fourth-order valence-electron chi connectivity index (χ4n) is 3.22. The van der Waals surface area contributed by atoms with Crippen LogP contribution in [0.3, 0.4) is 0 Å². The summed E-state index contributed by atoms with van der Waals surface area (Å²) < 4.78 is 33.6. The van der Waals surface area contributed by atoms with E-state index in [9.17, 15) is 8.78 Å². The number of hydrogen-bond acceptors (Lipinski definition) is 1. The maximum Gasteiger partial charge on any atom is 0.248 e. The molecule has 0 aromatic heterocycles. The lowest BCUT2D eigenvalue weighted by molar-refractivity contribution is -0.0711. The first kappa shape index (κ1) is 19.6. The molecule has 2 aromatic rings. The van der Waals surface area contributed by atoms with E-state index in [1.807, 2.05) is 49.4 Å². The molecule has 0 amide bonds. The molecule has 5 heteroatoms. The third kappa shape index (κ3) is 5.20. The van der Waals surface area contributed by atoms with Crippen LogP contribution in [0.1, 0.15) is 43.7 Å². The van der Waals surface area contributed by atoms with Crippen molar-refractivity contribution in [2.45, 2.75) is 45.0 Å². The second kappa shape index (κ2) is 7.85. The Bertz CT molecular complexity index is 751. The molecule has 0 radical (unpaired) electrons. The van der Waals surface area contributed by atoms with E-state index in [0.717, 1.165) is 32.8 Å². The fourth-order valence-corrected chi connectivity index (χ4v) is 3.82. The number of benzene rings is 2. The molecular weight excluding hydrogens is 422 g/mol. The Labute approximate surface area is 166 Å². The van der Waals surface area contributed by atoms with Crippen molar-refractivity contribution < 1.29 is 13.5 Å². The van der Waals surface area contributed by atoms with Crippen molar-refractivity contribution in [3.63, 3.8) is 0 Å². The van der Waals surface area contributed by atoms with Crippen molar-refractivity contribution in [2.24, 2.45) is 5.41 Å². The smallest absolute Gasteiger partial charge is 0.248 e. The van der Waals surface area contributed by atoms with Crippen molar-refractivity contribution in [2.75, 3.05) is 6.61 Å². The van der Waals surface area contributed by atoms with Crippen LogP contribution in [-0.4, -0.2) is 12.5 Å². The number of halogens is 4. The highest BCUT2D eigenvalue weighted by atomic mass is 79.9. The van der Waals surface area contributed by atoms with Gasteiger partial charge in [0.2, 0.25) is 5.92 Å². The maximum absolute atomic E-state index is 13.3. The van der Waals surface area contributed by atoms with Crippen LogP contribution >= 0.6 is 27.5 Å². The average molecular weight is 444 g/mol. The molecule has 140 valence electrons. The number of rotatable bonds is 5. The second-order valence-electron chi connectivity index (χ2n) is 7.51. The molecule has 0 heterocycles. The lowest BCUT2D eigenvalue weighted by atomic mass is 9.75. The third-order valence-corrected chi connectivity index (χ3v) is 5.96. The quantitative estimate of drug-likeness (QED) is 0.471. The van der Waals surface area contributed by atoms with Crippen molar-refractivity contribution in [3.8, 4) is 5.75 Å². The minimum absolute atomic E-state index is 0.0425. The first-order chi connectivity index (χ1) is 12.2. The van der Waals surface area contributed by atoms with Crippen LogP contribution in [0.5, 0.6) is 5.75 Å². The molecule has 0 saturated heterocycles. The summed E-state index contributed by atoms with van der Waals surface area (Å²) >= 11 is 9.72. The highest BCUT2D eigenvalue weighted by molar-refractivity contribution is 9.10. The van der Waals surface area contributed by atoms with Gasteiger partial charge in [-0.05, 0) is 60.7 Å².